The molecule has 1 saturated heterocycles. The van der Waals surface area contributed by atoms with Crippen LogP contribution < -0.4 is 14.8 Å². The average Bonchev–Trinajstić information content (AvgIpc) is 3.34. The van der Waals surface area contributed by atoms with E-state index in [1.807, 2.05) is 18.2 Å². The summed E-state index contributed by atoms with van der Waals surface area (Å²) in [7, 11) is 0. The maximum Gasteiger partial charge on any atom is 0.230 e. The van der Waals surface area contributed by atoms with Crippen molar-refractivity contribution in [3.8, 4) is 11.5 Å². The van der Waals surface area contributed by atoms with Gasteiger partial charge in [-0.15, -0.1) is 0 Å². The lowest BCUT2D eigenvalue weighted by atomic mass is 9.77. The van der Waals surface area contributed by atoms with Crippen LogP contribution in [0.4, 0.5) is 0 Å². The predicted molar refractivity (Wildman–Crippen MR) is 127 cm³/mol. The molecule has 176 valence electrons. The standard InChI is InChI=1S/C27H34N2O4/c1-20-18-29(11-12-31-20)19-22-6-4-5-21(15-22)17-28-26(30)27(9-2-3-10-27)23-7-8-24-25(16-23)33-14-13-32-24/h4-8,15-16,20H,2-3,9-14,17-19H2,1H3,(H,28,30). The van der Waals surface area contributed by atoms with Gasteiger partial charge in [0.15, 0.2) is 11.5 Å². The summed E-state index contributed by atoms with van der Waals surface area (Å²) in [6, 6.07) is 14.6. The van der Waals surface area contributed by atoms with Crippen LogP contribution in [-0.2, 0) is 28.0 Å². The molecule has 6 nitrogen and oxygen atoms in total. The maximum absolute atomic E-state index is 13.5. The van der Waals surface area contributed by atoms with E-state index in [1.165, 1.54) is 5.56 Å². The van der Waals surface area contributed by atoms with E-state index >= 15 is 0 Å². The molecule has 6 heteroatoms. The van der Waals surface area contributed by atoms with Crippen molar-refractivity contribution in [3.63, 3.8) is 0 Å². The van der Waals surface area contributed by atoms with Crippen molar-refractivity contribution in [2.24, 2.45) is 0 Å². The Morgan fingerprint density at radius 1 is 1.03 bits per heavy atom. The molecule has 1 N–H and O–H groups in total. The zero-order valence-corrected chi connectivity index (χ0v) is 19.5. The third-order valence-corrected chi connectivity index (χ3v) is 7.16. The van der Waals surface area contributed by atoms with Gasteiger partial charge in [0.2, 0.25) is 5.91 Å². The Bertz CT molecular complexity index is 986. The molecule has 2 heterocycles. The fourth-order valence-electron chi connectivity index (χ4n) is 5.45. The normalized spacial score (nSPS) is 22.2. The lowest BCUT2D eigenvalue weighted by Crippen LogP contribution is -2.42. The number of amides is 1. The molecular weight excluding hydrogens is 416 g/mol. The van der Waals surface area contributed by atoms with E-state index in [2.05, 4.69) is 41.4 Å². The number of hydrogen-bond acceptors (Lipinski definition) is 5. The monoisotopic (exact) mass is 450 g/mol. The van der Waals surface area contributed by atoms with Crippen LogP contribution in [0.3, 0.4) is 0 Å². The predicted octanol–water partition coefficient (Wildman–Crippen LogP) is 3.81. The molecule has 1 unspecified atom stereocenters. The summed E-state index contributed by atoms with van der Waals surface area (Å²) in [4.78, 5) is 16.0. The number of rotatable bonds is 6. The number of nitrogens with one attached hydrogen (secondary N) is 1. The molecule has 0 bridgehead atoms. The van der Waals surface area contributed by atoms with Crippen molar-refractivity contribution in [2.75, 3.05) is 32.9 Å². The fourth-order valence-corrected chi connectivity index (χ4v) is 5.45. The van der Waals surface area contributed by atoms with Crippen LogP contribution in [-0.4, -0.2) is 49.8 Å². The van der Waals surface area contributed by atoms with Crippen molar-refractivity contribution in [3.05, 3.63) is 59.2 Å². The van der Waals surface area contributed by atoms with Gasteiger partial charge < -0.3 is 19.5 Å². The van der Waals surface area contributed by atoms with Gasteiger partial charge in [-0.25, -0.2) is 0 Å². The molecule has 2 aromatic rings. The Hall–Kier alpha value is -2.57. The van der Waals surface area contributed by atoms with E-state index in [1.54, 1.807) is 0 Å². The van der Waals surface area contributed by atoms with Crippen molar-refractivity contribution >= 4 is 5.91 Å². The Labute approximate surface area is 196 Å². The van der Waals surface area contributed by atoms with Crippen LogP contribution in [0.1, 0.15) is 49.3 Å². The molecule has 3 aliphatic rings. The van der Waals surface area contributed by atoms with Crippen molar-refractivity contribution in [1.82, 2.24) is 10.2 Å². The van der Waals surface area contributed by atoms with Gasteiger partial charge in [0.05, 0.1) is 18.1 Å². The van der Waals surface area contributed by atoms with Crippen molar-refractivity contribution in [2.45, 2.75) is 57.2 Å². The molecule has 33 heavy (non-hydrogen) atoms. The molecule has 1 aliphatic carbocycles. The second-order valence-corrected chi connectivity index (χ2v) is 9.57. The van der Waals surface area contributed by atoms with E-state index in [0.717, 1.165) is 74.6 Å². The summed E-state index contributed by atoms with van der Waals surface area (Å²) in [6.07, 6.45) is 4.15. The fraction of sp³-hybridized carbons (Fsp3) is 0.519. The molecule has 0 aromatic heterocycles. The Kier molecular flexibility index (Phi) is 6.56. The van der Waals surface area contributed by atoms with Gasteiger partial charge in [0.1, 0.15) is 13.2 Å². The molecule has 2 aliphatic heterocycles. The van der Waals surface area contributed by atoms with E-state index in [9.17, 15) is 4.79 Å². The summed E-state index contributed by atoms with van der Waals surface area (Å²) >= 11 is 0. The molecule has 2 aromatic carbocycles. The number of benzene rings is 2. The molecule has 5 rings (SSSR count). The summed E-state index contributed by atoms with van der Waals surface area (Å²) in [5.41, 5.74) is 2.96. The maximum atomic E-state index is 13.5. The first kappa shape index (κ1) is 22.2. The molecule has 1 amide bonds. The van der Waals surface area contributed by atoms with E-state index in [0.29, 0.717) is 19.8 Å². The highest BCUT2D eigenvalue weighted by Crippen LogP contribution is 2.44. The number of fused-ring (bicyclic) bond motifs is 1. The zero-order chi connectivity index (χ0) is 22.7. The summed E-state index contributed by atoms with van der Waals surface area (Å²) in [6.45, 7) is 7.41. The van der Waals surface area contributed by atoms with E-state index in [-0.39, 0.29) is 12.0 Å². The topological polar surface area (TPSA) is 60.0 Å². The van der Waals surface area contributed by atoms with Gasteiger partial charge in [-0.1, -0.05) is 43.2 Å². The van der Waals surface area contributed by atoms with Gasteiger partial charge >= 0.3 is 0 Å². The number of morpholine rings is 1. The Balaban J connectivity index is 1.27. The van der Waals surface area contributed by atoms with Gasteiger partial charge in [-0.2, -0.15) is 0 Å². The Morgan fingerprint density at radius 3 is 2.64 bits per heavy atom. The number of carbonyl (C=O) groups is 1. The second kappa shape index (κ2) is 9.74. The van der Waals surface area contributed by atoms with Crippen LogP contribution in [0.2, 0.25) is 0 Å². The van der Waals surface area contributed by atoms with Crippen molar-refractivity contribution in [1.29, 1.82) is 0 Å². The minimum absolute atomic E-state index is 0.115. The van der Waals surface area contributed by atoms with Gasteiger partial charge in [0, 0.05) is 26.2 Å². The number of hydrogen-bond donors (Lipinski definition) is 1. The highest BCUT2D eigenvalue weighted by atomic mass is 16.6. The lowest BCUT2D eigenvalue weighted by Gasteiger charge is -2.31. The average molecular weight is 451 g/mol. The summed E-state index contributed by atoms with van der Waals surface area (Å²) in [5, 5.41) is 3.25. The first-order valence-corrected chi connectivity index (χ1v) is 12.2. The molecule has 0 radical (unpaired) electrons. The summed E-state index contributed by atoms with van der Waals surface area (Å²) in [5.74, 6) is 1.64. The highest BCUT2D eigenvalue weighted by molar-refractivity contribution is 5.88. The number of ether oxygens (including phenoxy) is 3. The third kappa shape index (κ3) is 4.87. The molecular formula is C27H34N2O4. The van der Waals surface area contributed by atoms with Crippen LogP contribution in [0.25, 0.3) is 0 Å². The first-order valence-electron chi connectivity index (χ1n) is 12.2. The number of nitrogens with zero attached hydrogens (tertiary/aromatic N) is 1. The SMILES string of the molecule is CC1CN(Cc2cccc(CNC(=O)C3(c4ccc5c(c4)OCCO5)CCCC3)c2)CCO1. The summed E-state index contributed by atoms with van der Waals surface area (Å²) < 4.78 is 17.1. The van der Waals surface area contributed by atoms with E-state index < -0.39 is 5.41 Å². The van der Waals surface area contributed by atoms with Crippen LogP contribution in [0.5, 0.6) is 11.5 Å². The van der Waals surface area contributed by atoms with Crippen LogP contribution in [0, 0.1) is 0 Å². The first-order chi connectivity index (χ1) is 16.1. The minimum Gasteiger partial charge on any atom is -0.486 e. The Morgan fingerprint density at radius 2 is 1.82 bits per heavy atom. The number of carbonyl (C=O) groups excluding carboxylic acids is 1. The lowest BCUT2D eigenvalue weighted by molar-refractivity contribution is -0.126. The smallest absolute Gasteiger partial charge is 0.230 e. The van der Waals surface area contributed by atoms with Gasteiger partial charge in [-0.3, -0.25) is 9.69 Å². The minimum atomic E-state index is -0.489. The van der Waals surface area contributed by atoms with Crippen LogP contribution in [0.15, 0.2) is 42.5 Å². The molecule has 1 saturated carbocycles. The molecule has 2 fully saturated rings. The zero-order valence-electron chi connectivity index (χ0n) is 19.5. The van der Waals surface area contributed by atoms with Crippen LogP contribution >= 0.6 is 0 Å². The second-order valence-electron chi connectivity index (χ2n) is 9.57. The van der Waals surface area contributed by atoms with Gasteiger partial charge in [0.25, 0.3) is 0 Å². The van der Waals surface area contributed by atoms with Crippen molar-refractivity contribution < 1.29 is 19.0 Å². The quantitative estimate of drug-likeness (QED) is 0.725. The molecule has 1 atom stereocenters. The molecule has 0 spiro atoms. The third-order valence-electron chi connectivity index (χ3n) is 7.16. The highest BCUT2D eigenvalue weighted by Gasteiger charge is 2.43. The van der Waals surface area contributed by atoms with E-state index in [4.69, 9.17) is 14.2 Å². The largest absolute Gasteiger partial charge is 0.486 e. The van der Waals surface area contributed by atoms with Gasteiger partial charge in [-0.05, 0) is 48.6 Å².